The van der Waals surface area contributed by atoms with E-state index < -0.39 is 0 Å². The fourth-order valence-corrected chi connectivity index (χ4v) is 3.64. The van der Waals surface area contributed by atoms with E-state index >= 15 is 0 Å². The molecule has 3 atom stereocenters. The van der Waals surface area contributed by atoms with Crippen LogP contribution in [0.2, 0.25) is 0 Å². The minimum Gasteiger partial charge on any atom is -0.306 e. The standard InChI is InChI=1S/C14H21NS/c1-10-6-4-5-7-13(10)11(2)15-14-8-9-16-12(14)3/h4-7,11-12,14-15H,8-9H2,1-3H3. The summed E-state index contributed by atoms with van der Waals surface area (Å²) < 4.78 is 0. The van der Waals surface area contributed by atoms with Gasteiger partial charge < -0.3 is 5.32 Å². The summed E-state index contributed by atoms with van der Waals surface area (Å²) in [5.41, 5.74) is 2.83. The normalized spacial score (nSPS) is 26.9. The second-order valence-corrected chi connectivity index (χ2v) is 6.20. The first kappa shape index (κ1) is 12.0. The molecular formula is C14H21NS. The van der Waals surface area contributed by atoms with Gasteiger partial charge in [0.1, 0.15) is 0 Å². The molecule has 0 saturated carbocycles. The summed E-state index contributed by atoms with van der Waals surface area (Å²) in [6.07, 6.45) is 1.31. The molecule has 0 radical (unpaired) electrons. The fourth-order valence-electron chi connectivity index (χ4n) is 2.43. The average Bonchev–Trinajstić information content (AvgIpc) is 2.65. The highest BCUT2D eigenvalue weighted by atomic mass is 32.2. The van der Waals surface area contributed by atoms with Gasteiger partial charge in [-0.2, -0.15) is 11.8 Å². The highest BCUT2D eigenvalue weighted by molar-refractivity contribution is 8.00. The molecule has 1 heterocycles. The Morgan fingerprint density at radius 2 is 2.12 bits per heavy atom. The Kier molecular flexibility index (Phi) is 3.93. The molecule has 3 unspecified atom stereocenters. The molecule has 0 bridgehead atoms. The van der Waals surface area contributed by atoms with Crippen molar-refractivity contribution < 1.29 is 0 Å². The molecule has 1 fully saturated rings. The van der Waals surface area contributed by atoms with E-state index in [0.717, 1.165) is 5.25 Å². The first-order valence-corrected chi connectivity index (χ1v) is 7.16. The molecule has 0 aliphatic carbocycles. The van der Waals surface area contributed by atoms with Crippen molar-refractivity contribution in [1.82, 2.24) is 5.32 Å². The molecule has 1 saturated heterocycles. The molecule has 1 aliphatic heterocycles. The molecule has 16 heavy (non-hydrogen) atoms. The van der Waals surface area contributed by atoms with Crippen LogP contribution >= 0.6 is 11.8 Å². The van der Waals surface area contributed by atoms with E-state index in [1.165, 1.54) is 23.3 Å². The van der Waals surface area contributed by atoms with Crippen LogP contribution in [0.3, 0.4) is 0 Å². The molecule has 1 aromatic carbocycles. The molecule has 88 valence electrons. The highest BCUT2D eigenvalue weighted by Gasteiger charge is 2.25. The maximum atomic E-state index is 3.76. The second kappa shape index (κ2) is 5.24. The van der Waals surface area contributed by atoms with Crippen LogP contribution in [-0.4, -0.2) is 17.0 Å². The van der Waals surface area contributed by atoms with E-state index in [0.29, 0.717) is 12.1 Å². The van der Waals surface area contributed by atoms with Crippen LogP contribution in [0.1, 0.15) is 37.4 Å². The van der Waals surface area contributed by atoms with E-state index in [9.17, 15) is 0 Å². The van der Waals surface area contributed by atoms with Gasteiger partial charge in [-0.15, -0.1) is 0 Å². The minimum atomic E-state index is 0.465. The Labute approximate surface area is 103 Å². The van der Waals surface area contributed by atoms with Crippen molar-refractivity contribution in [3.63, 3.8) is 0 Å². The summed E-state index contributed by atoms with van der Waals surface area (Å²) in [4.78, 5) is 0. The Morgan fingerprint density at radius 3 is 2.75 bits per heavy atom. The fraction of sp³-hybridized carbons (Fsp3) is 0.571. The monoisotopic (exact) mass is 235 g/mol. The number of aryl methyl sites for hydroxylation is 1. The third-order valence-electron chi connectivity index (χ3n) is 3.50. The van der Waals surface area contributed by atoms with Gasteiger partial charge in [-0.3, -0.25) is 0 Å². The lowest BCUT2D eigenvalue weighted by molar-refractivity contribution is 0.453. The predicted molar refractivity (Wildman–Crippen MR) is 73.1 cm³/mol. The largest absolute Gasteiger partial charge is 0.306 e. The zero-order chi connectivity index (χ0) is 11.5. The Bertz CT molecular complexity index is 350. The molecular weight excluding hydrogens is 214 g/mol. The molecule has 1 nitrogen and oxygen atoms in total. The van der Waals surface area contributed by atoms with Gasteiger partial charge in [-0.25, -0.2) is 0 Å². The van der Waals surface area contributed by atoms with Crippen molar-refractivity contribution in [3.05, 3.63) is 35.4 Å². The predicted octanol–water partition coefficient (Wildman–Crippen LogP) is 3.54. The molecule has 2 heteroatoms. The first-order chi connectivity index (χ1) is 7.68. The van der Waals surface area contributed by atoms with E-state index in [1.54, 1.807) is 0 Å². The van der Waals surface area contributed by atoms with Crippen LogP contribution in [0.15, 0.2) is 24.3 Å². The van der Waals surface area contributed by atoms with Crippen LogP contribution < -0.4 is 5.32 Å². The van der Waals surface area contributed by atoms with Crippen molar-refractivity contribution in [3.8, 4) is 0 Å². The topological polar surface area (TPSA) is 12.0 Å². The van der Waals surface area contributed by atoms with Gasteiger partial charge in [0, 0.05) is 17.3 Å². The maximum absolute atomic E-state index is 3.76. The Morgan fingerprint density at radius 1 is 1.38 bits per heavy atom. The van der Waals surface area contributed by atoms with Crippen LogP contribution in [0.4, 0.5) is 0 Å². The summed E-state index contributed by atoms with van der Waals surface area (Å²) >= 11 is 2.08. The molecule has 0 spiro atoms. The Balaban J connectivity index is 2.03. The summed E-state index contributed by atoms with van der Waals surface area (Å²) in [6, 6.07) is 9.82. The minimum absolute atomic E-state index is 0.465. The number of thioether (sulfide) groups is 1. The highest BCUT2D eigenvalue weighted by Crippen LogP contribution is 2.28. The average molecular weight is 235 g/mol. The van der Waals surface area contributed by atoms with Crippen molar-refractivity contribution in [2.45, 2.75) is 44.5 Å². The van der Waals surface area contributed by atoms with Crippen molar-refractivity contribution >= 4 is 11.8 Å². The third-order valence-corrected chi connectivity index (χ3v) is 4.82. The molecule has 0 amide bonds. The third kappa shape index (κ3) is 2.61. The van der Waals surface area contributed by atoms with E-state index in [2.05, 4.69) is 62.1 Å². The van der Waals surface area contributed by atoms with Crippen LogP contribution in [-0.2, 0) is 0 Å². The van der Waals surface area contributed by atoms with Crippen LogP contribution in [0.5, 0.6) is 0 Å². The molecule has 0 aromatic heterocycles. The quantitative estimate of drug-likeness (QED) is 0.860. The van der Waals surface area contributed by atoms with Crippen LogP contribution in [0, 0.1) is 6.92 Å². The number of rotatable bonds is 3. The molecule has 2 rings (SSSR count). The van der Waals surface area contributed by atoms with E-state index in [4.69, 9.17) is 0 Å². The number of nitrogens with one attached hydrogen (secondary N) is 1. The van der Waals surface area contributed by atoms with Gasteiger partial charge in [-0.05, 0) is 37.1 Å². The lowest BCUT2D eigenvalue weighted by Crippen LogP contribution is -2.35. The van der Waals surface area contributed by atoms with Crippen molar-refractivity contribution in [2.24, 2.45) is 0 Å². The van der Waals surface area contributed by atoms with Gasteiger partial charge in [-0.1, -0.05) is 31.2 Å². The molecule has 1 aromatic rings. The lowest BCUT2D eigenvalue weighted by Gasteiger charge is -2.23. The zero-order valence-electron chi connectivity index (χ0n) is 10.4. The molecule has 1 N–H and O–H groups in total. The van der Waals surface area contributed by atoms with Gasteiger partial charge in [0.2, 0.25) is 0 Å². The van der Waals surface area contributed by atoms with Crippen molar-refractivity contribution in [2.75, 3.05) is 5.75 Å². The van der Waals surface area contributed by atoms with Gasteiger partial charge in [0.15, 0.2) is 0 Å². The summed E-state index contributed by atoms with van der Waals surface area (Å²) in [7, 11) is 0. The smallest absolute Gasteiger partial charge is 0.0297 e. The van der Waals surface area contributed by atoms with E-state index in [1.807, 2.05) is 0 Å². The van der Waals surface area contributed by atoms with Gasteiger partial charge >= 0.3 is 0 Å². The summed E-state index contributed by atoms with van der Waals surface area (Å²) in [6.45, 7) is 6.80. The summed E-state index contributed by atoms with van der Waals surface area (Å²) in [5, 5.41) is 4.52. The SMILES string of the molecule is Cc1ccccc1C(C)NC1CCSC1C. The lowest BCUT2D eigenvalue weighted by atomic mass is 10.0. The van der Waals surface area contributed by atoms with E-state index in [-0.39, 0.29) is 0 Å². The first-order valence-electron chi connectivity index (χ1n) is 6.11. The second-order valence-electron chi connectivity index (χ2n) is 4.72. The van der Waals surface area contributed by atoms with Gasteiger partial charge in [0.25, 0.3) is 0 Å². The zero-order valence-corrected chi connectivity index (χ0v) is 11.2. The van der Waals surface area contributed by atoms with Crippen molar-refractivity contribution in [1.29, 1.82) is 0 Å². The number of hydrogen-bond donors (Lipinski definition) is 1. The number of benzene rings is 1. The maximum Gasteiger partial charge on any atom is 0.0297 e. The Hall–Kier alpha value is -0.470. The molecule has 1 aliphatic rings. The summed E-state index contributed by atoms with van der Waals surface area (Å²) in [5.74, 6) is 1.30. The van der Waals surface area contributed by atoms with Gasteiger partial charge in [0.05, 0.1) is 0 Å². The van der Waals surface area contributed by atoms with Crippen LogP contribution in [0.25, 0.3) is 0 Å². The number of hydrogen-bond acceptors (Lipinski definition) is 2.